The van der Waals surface area contributed by atoms with Crippen LogP contribution in [-0.4, -0.2) is 18.1 Å². The minimum absolute atomic E-state index is 0.192. The highest BCUT2D eigenvalue weighted by Crippen LogP contribution is 2.33. The molecule has 0 unspecified atom stereocenters. The molecule has 0 atom stereocenters. The SMILES string of the molecule is Fc1cccc(C(F)(F)F)c1CNCCCNc1ccnc2cc(C(F)(F)F)ccc12. The van der Waals surface area contributed by atoms with E-state index in [2.05, 4.69) is 15.6 Å². The molecule has 0 spiro atoms. The van der Waals surface area contributed by atoms with Gasteiger partial charge < -0.3 is 10.6 Å². The molecule has 0 radical (unpaired) electrons. The molecule has 2 aromatic carbocycles. The zero-order chi connectivity index (χ0) is 22.6. The fourth-order valence-electron chi connectivity index (χ4n) is 3.13. The maximum absolute atomic E-state index is 13.8. The summed E-state index contributed by atoms with van der Waals surface area (Å²) in [4.78, 5) is 3.96. The summed E-state index contributed by atoms with van der Waals surface area (Å²) in [6.07, 6.45) is -7.23. The van der Waals surface area contributed by atoms with Gasteiger partial charge in [0.2, 0.25) is 0 Å². The van der Waals surface area contributed by atoms with Gasteiger partial charge in [-0.05, 0) is 43.3 Å². The predicted octanol–water partition coefficient (Wildman–Crippen LogP) is 6.00. The van der Waals surface area contributed by atoms with Gasteiger partial charge in [0.05, 0.1) is 16.6 Å². The van der Waals surface area contributed by atoms with Crippen molar-refractivity contribution in [3.05, 3.63) is 71.2 Å². The van der Waals surface area contributed by atoms with Crippen LogP contribution in [0.2, 0.25) is 0 Å². The third-order valence-electron chi connectivity index (χ3n) is 4.64. The Bertz CT molecular complexity index is 1050. The molecule has 3 rings (SSSR count). The van der Waals surface area contributed by atoms with E-state index in [4.69, 9.17) is 0 Å². The van der Waals surface area contributed by atoms with E-state index in [0.717, 1.165) is 30.3 Å². The van der Waals surface area contributed by atoms with Crippen LogP contribution in [0.15, 0.2) is 48.7 Å². The van der Waals surface area contributed by atoms with Gasteiger partial charge in [-0.1, -0.05) is 12.1 Å². The second kappa shape index (κ2) is 9.09. The second-order valence-electron chi connectivity index (χ2n) is 6.81. The van der Waals surface area contributed by atoms with Gasteiger partial charge in [0, 0.05) is 35.9 Å². The average Bonchev–Trinajstić information content (AvgIpc) is 2.69. The molecule has 0 aliphatic rings. The second-order valence-corrected chi connectivity index (χ2v) is 6.81. The molecule has 1 aromatic heterocycles. The highest BCUT2D eigenvalue weighted by atomic mass is 19.4. The number of nitrogens with zero attached hydrogens (tertiary/aromatic N) is 1. The lowest BCUT2D eigenvalue weighted by Crippen LogP contribution is -2.21. The highest BCUT2D eigenvalue weighted by Gasteiger charge is 2.34. The fraction of sp³-hybridized carbons (Fsp3) is 0.286. The van der Waals surface area contributed by atoms with Crippen molar-refractivity contribution >= 4 is 16.6 Å². The van der Waals surface area contributed by atoms with Crippen LogP contribution in [0, 0.1) is 5.82 Å². The molecular formula is C21H18F7N3. The van der Waals surface area contributed by atoms with Crippen LogP contribution in [-0.2, 0) is 18.9 Å². The van der Waals surface area contributed by atoms with Crippen molar-refractivity contribution in [3.8, 4) is 0 Å². The van der Waals surface area contributed by atoms with E-state index < -0.39 is 34.9 Å². The number of alkyl halides is 6. The number of hydrogen-bond donors (Lipinski definition) is 2. The number of nitrogens with one attached hydrogen (secondary N) is 2. The molecule has 0 aliphatic heterocycles. The molecule has 10 heteroatoms. The molecular weight excluding hydrogens is 427 g/mol. The Morgan fingerprint density at radius 3 is 2.35 bits per heavy atom. The van der Waals surface area contributed by atoms with Gasteiger partial charge in [0.1, 0.15) is 5.82 Å². The largest absolute Gasteiger partial charge is 0.416 e. The molecule has 166 valence electrons. The topological polar surface area (TPSA) is 37.0 Å². The fourth-order valence-corrected chi connectivity index (χ4v) is 3.13. The predicted molar refractivity (Wildman–Crippen MR) is 103 cm³/mol. The summed E-state index contributed by atoms with van der Waals surface area (Å²) in [5.74, 6) is -0.929. The van der Waals surface area contributed by atoms with Gasteiger partial charge in [-0.25, -0.2) is 4.39 Å². The average molecular weight is 445 g/mol. The molecule has 2 N–H and O–H groups in total. The Morgan fingerprint density at radius 1 is 0.871 bits per heavy atom. The van der Waals surface area contributed by atoms with E-state index in [1.165, 1.54) is 12.3 Å². The summed E-state index contributed by atoms with van der Waals surface area (Å²) < 4.78 is 91.3. The van der Waals surface area contributed by atoms with E-state index in [-0.39, 0.29) is 12.1 Å². The summed E-state index contributed by atoms with van der Waals surface area (Å²) in [6.45, 7) is 0.427. The number of halogens is 7. The quantitative estimate of drug-likeness (QED) is 0.346. The molecule has 0 aliphatic carbocycles. The van der Waals surface area contributed by atoms with Gasteiger partial charge in [-0.15, -0.1) is 0 Å². The van der Waals surface area contributed by atoms with E-state index in [1.54, 1.807) is 6.07 Å². The normalized spacial score (nSPS) is 12.4. The summed E-state index contributed by atoms with van der Waals surface area (Å²) in [7, 11) is 0. The first kappa shape index (κ1) is 22.8. The Labute approximate surface area is 173 Å². The van der Waals surface area contributed by atoms with Gasteiger partial charge in [-0.3, -0.25) is 4.98 Å². The number of rotatable bonds is 7. The van der Waals surface area contributed by atoms with E-state index >= 15 is 0 Å². The lowest BCUT2D eigenvalue weighted by atomic mass is 10.1. The van der Waals surface area contributed by atoms with Crippen LogP contribution in [0.5, 0.6) is 0 Å². The lowest BCUT2D eigenvalue weighted by Gasteiger charge is -2.14. The summed E-state index contributed by atoms with van der Waals surface area (Å²) in [6, 6.07) is 7.73. The van der Waals surface area contributed by atoms with Crippen molar-refractivity contribution in [2.24, 2.45) is 0 Å². The van der Waals surface area contributed by atoms with Crippen molar-refractivity contribution < 1.29 is 30.7 Å². The third-order valence-corrected chi connectivity index (χ3v) is 4.64. The maximum Gasteiger partial charge on any atom is 0.416 e. The maximum atomic E-state index is 13.8. The highest BCUT2D eigenvalue weighted by molar-refractivity contribution is 5.91. The Balaban J connectivity index is 1.55. The molecule has 0 bridgehead atoms. The van der Waals surface area contributed by atoms with E-state index in [1.807, 2.05) is 0 Å². The molecule has 31 heavy (non-hydrogen) atoms. The van der Waals surface area contributed by atoms with Crippen LogP contribution < -0.4 is 10.6 Å². The number of fused-ring (bicyclic) bond motifs is 1. The van der Waals surface area contributed by atoms with Crippen LogP contribution in [0.3, 0.4) is 0 Å². The lowest BCUT2D eigenvalue weighted by molar-refractivity contribution is -0.138. The van der Waals surface area contributed by atoms with Gasteiger partial charge in [0.15, 0.2) is 0 Å². The zero-order valence-corrected chi connectivity index (χ0v) is 16.0. The molecule has 0 fully saturated rings. The van der Waals surface area contributed by atoms with Crippen LogP contribution >= 0.6 is 0 Å². The molecule has 0 amide bonds. The number of benzene rings is 2. The molecule has 0 saturated heterocycles. The van der Waals surface area contributed by atoms with Gasteiger partial charge >= 0.3 is 12.4 Å². The van der Waals surface area contributed by atoms with Gasteiger partial charge in [-0.2, -0.15) is 26.3 Å². The van der Waals surface area contributed by atoms with E-state index in [9.17, 15) is 30.7 Å². The Hall–Kier alpha value is -2.88. The zero-order valence-electron chi connectivity index (χ0n) is 16.0. The minimum atomic E-state index is -4.64. The van der Waals surface area contributed by atoms with Crippen molar-refractivity contribution in [1.29, 1.82) is 0 Å². The van der Waals surface area contributed by atoms with Crippen LogP contribution in [0.1, 0.15) is 23.1 Å². The first-order chi connectivity index (χ1) is 14.6. The number of pyridine rings is 1. The van der Waals surface area contributed by atoms with Crippen molar-refractivity contribution in [2.45, 2.75) is 25.3 Å². The van der Waals surface area contributed by atoms with Crippen molar-refractivity contribution in [3.63, 3.8) is 0 Å². The van der Waals surface area contributed by atoms with Crippen LogP contribution in [0.4, 0.5) is 36.4 Å². The first-order valence-corrected chi connectivity index (χ1v) is 9.32. The molecule has 1 heterocycles. The monoisotopic (exact) mass is 445 g/mol. The molecule has 3 nitrogen and oxygen atoms in total. The third kappa shape index (κ3) is 5.63. The van der Waals surface area contributed by atoms with Crippen molar-refractivity contribution in [2.75, 3.05) is 18.4 Å². The molecule has 3 aromatic rings. The molecule has 0 saturated carbocycles. The van der Waals surface area contributed by atoms with Gasteiger partial charge in [0.25, 0.3) is 0 Å². The summed E-state index contributed by atoms with van der Waals surface area (Å²) >= 11 is 0. The minimum Gasteiger partial charge on any atom is -0.384 e. The van der Waals surface area contributed by atoms with E-state index in [0.29, 0.717) is 30.6 Å². The van der Waals surface area contributed by atoms with Crippen LogP contribution in [0.25, 0.3) is 10.9 Å². The standard InChI is InChI=1S/C21H18F7N3/c22-17-4-1-3-16(21(26,27)28)15(17)12-29-8-2-9-30-18-7-10-31-19-11-13(20(23,24)25)5-6-14(18)19/h1,3-7,10-11,29H,2,8-9,12H2,(H,30,31). The first-order valence-electron chi connectivity index (χ1n) is 9.32. The Morgan fingerprint density at radius 2 is 1.65 bits per heavy atom. The number of anilines is 1. The summed E-state index contributed by atoms with van der Waals surface area (Å²) in [5, 5.41) is 6.38. The number of hydrogen-bond acceptors (Lipinski definition) is 3. The summed E-state index contributed by atoms with van der Waals surface area (Å²) in [5.41, 5.74) is -1.47. The smallest absolute Gasteiger partial charge is 0.384 e. The van der Waals surface area contributed by atoms with Crippen molar-refractivity contribution in [1.82, 2.24) is 10.3 Å². The Kier molecular flexibility index (Phi) is 6.68. The number of aromatic nitrogens is 1.